The Morgan fingerprint density at radius 3 is 2.50 bits per heavy atom. The number of anilines is 2. The molecule has 0 saturated carbocycles. The van der Waals surface area contributed by atoms with E-state index >= 15 is 0 Å². The van der Waals surface area contributed by atoms with E-state index < -0.39 is 17.0 Å². The predicted molar refractivity (Wildman–Crippen MR) is 136 cm³/mol. The van der Waals surface area contributed by atoms with Crippen molar-refractivity contribution in [3.8, 4) is 0 Å². The zero-order chi connectivity index (χ0) is 25.7. The van der Waals surface area contributed by atoms with Crippen molar-refractivity contribution in [2.75, 3.05) is 42.5 Å². The minimum absolute atomic E-state index is 0.160. The van der Waals surface area contributed by atoms with Crippen molar-refractivity contribution < 1.29 is 19.1 Å². The molecule has 4 heterocycles. The molecule has 1 unspecified atom stereocenters. The van der Waals surface area contributed by atoms with E-state index in [1.165, 1.54) is 17.0 Å². The number of carboxylic acid groups (broad SMARTS) is 1. The molecule has 9 heteroatoms. The summed E-state index contributed by atoms with van der Waals surface area (Å²) < 4.78 is 13.3. The van der Waals surface area contributed by atoms with E-state index in [4.69, 9.17) is 4.98 Å². The predicted octanol–water partition coefficient (Wildman–Crippen LogP) is 3.82. The Morgan fingerprint density at radius 2 is 1.86 bits per heavy atom. The Labute approximate surface area is 211 Å². The Bertz CT molecular complexity index is 1150. The first-order chi connectivity index (χ1) is 17.1. The number of carbonyl (C=O) groups is 2. The van der Waals surface area contributed by atoms with Gasteiger partial charge in [-0.05, 0) is 48.1 Å². The van der Waals surface area contributed by atoms with Crippen LogP contribution >= 0.6 is 0 Å². The number of halogens is 1. The lowest BCUT2D eigenvalue weighted by molar-refractivity contribution is -0.149. The number of carbonyl (C=O) groups excluding carboxylic acids is 1. The van der Waals surface area contributed by atoms with E-state index in [1.54, 1.807) is 11.1 Å². The maximum absolute atomic E-state index is 14.3. The number of aromatic nitrogens is 1. The van der Waals surface area contributed by atoms with Gasteiger partial charge >= 0.3 is 6.09 Å². The summed E-state index contributed by atoms with van der Waals surface area (Å²) in [5, 5.41) is 9.87. The third kappa shape index (κ3) is 3.99. The Balaban J connectivity index is 1.42. The number of hydrogen-bond donors (Lipinski definition) is 1. The lowest BCUT2D eigenvalue weighted by Crippen LogP contribution is -2.74. The van der Waals surface area contributed by atoms with Crippen LogP contribution in [0.1, 0.15) is 39.2 Å². The molecule has 0 aliphatic carbocycles. The SMILES string of the molecule is CC(C)(C)[C@]1(C(=O)N2CCC3CN(Cc4ccc(F)cc4)CCN3c3ncccc32)CCN1C(=O)O. The molecule has 3 aliphatic rings. The van der Waals surface area contributed by atoms with Crippen LogP contribution in [0.4, 0.5) is 20.7 Å². The van der Waals surface area contributed by atoms with Gasteiger partial charge in [0, 0.05) is 51.5 Å². The summed E-state index contributed by atoms with van der Waals surface area (Å²) in [5.74, 6) is 0.377. The molecular weight excluding hydrogens is 461 g/mol. The van der Waals surface area contributed by atoms with Gasteiger partial charge in [0.1, 0.15) is 11.4 Å². The number of amides is 2. The van der Waals surface area contributed by atoms with Crippen molar-refractivity contribution in [1.82, 2.24) is 14.8 Å². The molecule has 192 valence electrons. The van der Waals surface area contributed by atoms with Gasteiger partial charge in [0.2, 0.25) is 0 Å². The van der Waals surface area contributed by atoms with Crippen LogP contribution in [-0.4, -0.2) is 76.2 Å². The highest BCUT2D eigenvalue weighted by molar-refractivity contribution is 6.05. The summed E-state index contributed by atoms with van der Waals surface area (Å²) in [6, 6.07) is 10.6. The molecule has 0 radical (unpaired) electrons. The first-order valence-corrected chi connectivity index (χ1v) is 12.6. The number of benzene rings is 1. The molecule has 0 bridgehead atoms. The maximum Gasteiger partial charge on any atom is 0.408 e. The second kappa shape index (κ2) is 9.03. The average Bonchev–Trinajstić information content (AvgIpc) is 2.95. The quantitative estimate of drug-likeness (QED) is 0.698. The summed E-state index contributed by atoms with van der Waals surface area (Å²) in [4.78, 5) is 38.8. The zero-order valence-electron chi connectivity index (χ0n) is 21.2. The second-order valence-corrected chi connectivity index (χ2v) is 11.1. The molecule has 0 spiro atoms. The highest BCUT2D eigenvalue weighted by atomic mass is 19.1. The fraction of sp³-hybridized carbons (Fsp3) is 0.519. The average molecular weight is 496 g/mol. The van der Waals surface area contributed by atoms with Crippen molar-refractivity contribution in [2.24, 2.45) is 5.41 Å². The van der Waals surface area contributed by atoms with Crippen molar-refractivity contribution in [3.63, 3.8) is 0 Å². The zero-order valence-corrected chi connectivity index (χ0v) is 21.2. The molecule has 3 aliphatic heterocycles. The topological polar surface area (TPSA) is 80.2 Å². The smallest absolute Gasteiger partial charge is 0.408 e. The van der Waals surface area contributed by atoms with Crippen LogP contribution in [0.25, 0.3) is 0 Å². The summed E-state index contributed by atoms with van der Waals surface area (Å²) in [5.41, 5.74) is 0.150. The van der Waals surface area contributed by atoms with Crippen LogP contribution in [0.2, 0.25) is 0 Å². The van der Waals surface area contributed by atoms with Gasteiger partial charge in [-0.2, -0.15) is 0 Å². The molecule has 2 saturated heterocycles. The summed E-state index contributed by atoms with van der Waals surface area (Å²) in [7, 11) is 0. The first kappa shape index (κ1) is 24.5. The number of likely N-dealkylation sites (tertiary alicyclic amines) is 1. The van der Waals surface area contributed by atoms with Crippen LogP contribution in [0, 0.1) is 11.2 Å². The number of rotatable bonds is 3. The molecule has 2 atom stereocenters. The molecule has 8 nitrogen and oxygen atoms in total. The molecule has 2 aromatic rings. The van der Waals surface area contributed by atoms with E-state index in [-0.39, 0.29) is 17.8 Å². The highest BCUT2D eigenvalue weighted by Gasteiger charge is 2.62. The lowest BCUT2D eigenvalue weighted by Gasteiger charge is -2.58. The third-order valence-corrected chi connectivity index (χ3v) is 8.13. The first-order valence-electron chi connectivity index (χ1n) is 12.6. The minimum atomic E-state index is -1.11. The molecule has 1 N–H and O–H groups in total. The maximum atomic E-state index is 14.3. The lowest BCUT2D eigenvalue weighted by atomic mass is 9.65. The molecule has 2 fully saturated rings. The summed E-state index contributed by atoms with van der Waals surface area (Å²) in [6.45, 7) is 9.83. The van der Waals surface area contributed by atoms with Gasteiger partial charge in [0.15, 0.2) is 5.82 Å². The van der Waals surface area contributed by atoms with Crippen LogP contribution in [0.3, 0.4) is 0 Å². The van der Waals surface area contributed by atoms with Gasteiger partial charge in [-0.3, -0.25) is 14.6 Å². The van der Waals surface area contributed by atoms with Crippen LogP contribution in [-0.2, 0) is 11.3 Å². The van der Waals surface area contributed by atoms with E-state index in [9.17, 15) is 19.1 Å². The van der Waals surface area contributed by atoms with Crippen molar-refractivity contribution in [3.05, 3.63) is 54.0 Å². The van der Waals surface area contributed by atoms with E-state index in [0.717, 1.165) is 49.7 Å². The number of hydrogen-bond acceptors (Lipinski definition) is 5. The van der Waals surface area contributed by atoms with E-state index in [1.807, 2.05) is 45.0 Å². The molecule has 1 aromatic carbocycles. The fourth-order valence-electron chi connectivity index (χ4n) is 6.12. The highest BCUT2D eigenvalue weighted by Crippen LogP contribution is 2.48. The molecular formula is C27H34FN5O3. The molecule has 1 aromatic heterocycles. The van der Waals surface area contributed by atoms with Crippen LogP contribution in [0.15, 0.2) is 42.6 Å². The van der Waals surface area contributed by atoms with Gasteiger partial charge in [0.05, 0.1) is 5.69 Å². The van der Waals surface area contributed by atoms with Gasteiger partial charge < -0.3 is 14.9 Å². The van der Waals surface area contributed by atoms with Gasteiger partial charge in [0.25, 0.3) is 5.91 Å². The second-order valence-electron chi connectivity index (χ2n) is 11.1. The number of piperazine rings is 1. The van der Waals surface area contributed by atoms with Crippen molar-refractivity contribution in [1.29, 1.82) is 0 Å². The van der Waals surface area contributed by atoms with Crippen molar-refractivity contribution >= 4 is 23.5 Å². The largest absolute Gasteiger partial charge is 0.465 e. The van der Waals surface area contributed by atoms with E-state index in [0.29, 0.717) is 19.5 Å². The van der Waals surface area contributed by atoms with Gasteiger partial charge in [-0.25, -0.2) is 14.2 Å². The normalized spacial score (nSPS) is 24.4. The van der Waals surface area contributed by atoms with Crippen LogP contribution < -0.4 is 9.80 Å². The molecule has 2 amide bonds. The Morgan fingerprint density at radius 1 is 1.11 bits per heavy atom. The molecule has 5 rings (SSSR count). The van der Waals surface area contributed by atoms with Gasteiger partial charge in [-0.1, -0.05) is 32.9 Å². The molecule has 36 heavy (non-hydrogen) atoms. The standard InChI is InChI=1S/C27H34FN5O3/c1-26(2,3)27(11-14-33(27)25(35)36)24(34)32-13-10-21-18-30(17-19-6-8-20(28)9-7-19)15-16-31(21)23-22(32)5-4-12-29-23/h4-9,12,21H,10-11,13-18H2,1-3H3,(H,35,36)/t21?,27-/m1/s1. The fourth-order valence-corrected chi connectivity index (χ4v) is 6.12. The van der Waals surface area contributed by atoms with Crippen molar-refractivity contribution in [2.45, 2.75) is 51.7 Å². The number of fused-ring (bicyclic) bond motifs is 3. The Hall–Kier alpha value is -3.20. The van der Waals surface area contributed by atoms with Crippen LogP contribution in [0.5, 0.6) is 0 Å². The monoisotopic (exact) mass is 495 g/mol. The summed E-state index contributed by atoms with van der Waals surface area (Å²) in [6.07, 6.45) is 1.95. The summed E-state index contributed by atoms with van der Waals surface area (Å²) >= 11 is 0. The minimum Gasteiger partial charge on any atom is -0.465 e. The number of pyridine rings is 1. The number of nitrogens with zero attached hydrogens (tertiary/aromatic N) is 5. The van der Waals surface area contributed by atoms with Gasteiger partial charge in [-0.15, -0.1) is 0 Å². The third-order valence-electron chi connectivity index (χ3n) is 8.13. The Kier molecular flexibility index (Phi) is 6.14. The van der Waals surface area contributed by atoms with E-state index in [2.05, 4.69) is 9.80 Å².